The zero-order chi connectivity index (χ0) is 60.9. The van der Waals surface area contributed by atoms with Gasteiger partial charge in [-0.2, -0.15) is 0 Å². The number of fused-ring (bicyclic) bond motifs is 7. The summed E-state index contributed by atoms with van der Waals surface area (Å²) in [5.74, 6) is -1.81. The van der Waals surface area contributed by atoms with Gasteiger partial charge >= 0.3 is 11.9 Å². The highest BCUT2D eigenvalue weighted by Crippen LogP contribution is 2.71. The molecule has 34 unspecified atom stereocenters. The van der Waals surface area contributed by atoms with E-state index < -0.39 is 203 Å². The van der Waals surface area contributed by atoms with Crippen LogP contribution in [-0.2, 0) is 61.7 Å². The summed E-state index contributed by atoms with van der Waals surface area (Å²) in [7, 11) is 0. The first-order valence-corrected chi connectivity index (χ1v) is 29.9. The smallest absolute Gasteiger partial charge is 0.309 e. The Morgan fingerprint density at radius 1 is 0.583 bits per heavy atom. The molecule has 0 aromatic rings. The Bertz CT molecular complexity index is 2250. The third kappa shape index (κ3) is 11.9. The molecule has 6 saturated heterocycles. The van der Waals surface area contributed by atoms with E-state index in [0.717, 1.165) is 39.0 Å². The lowest BCUT2D eigenvalue weighted by molar-refractivity contribution is -0.404. The average Bonchev–Trinajstić information content (AvgIpc) is 4.08. The lowest BCUT2D eigenvalue weighted by atomic mass is 9.43. The summed E-state index contributed by atoms with van der Waals surface area (Å²) in [6.45, 7) is 7.24. The van der Waals surface area contributed by atoms with Gasteiger partial charge < -0.3 is 129 Å². The Morgan fingerprint density at radius 2 is 1.20 bits per heavy atom. The molecule has 28 heteroatoms. The summed E-state index contributed by atoms with van der Waals surface area (Å²) < 4.78 is 66.5. The SMILES string of the molecule is CC1CCC2(OC1)OC1CC3C4CC(O)C5CC(OC6OC(CO)C(OC7OC(CO)C(O)C(OC8OCC(OC(=O)CC(C)(O)CC(=O)O)C(O)C8O)C7OC7OC(CO)C(O)C(O)C7O)C(O)C6O)C(O)CC5(C)C4CCC3(C)C1C2C. The van der Waals surface area contributed by atoms with E-state index >= 15 is 0 Å². The van der Waals surface area contributed by atoms with Gasteiger partial charge in [-0.15, -0.1) is 0 Å². The third-order valence-electron chi connectivity index (χ3n) is 21.4. The fraction of sp³-hybridized carbons (Fsp3) is 0.964. The minimum atomic E-state index is -2.13. The summed E-state index contributed by atoms with van der Waals surface area (Å²) >= 11 is 0. The van der Waals surface area contributed by atoms with Crippen LogP contribution in [0, 0.1) is 52.3 Å². The highest BCUT2D eigenvalue weighted by molar-refractivity contribution is 5.74. The topological polar surface area (TPSA) is 439 Å². The molecule has 4 saturated carbocycles. The van der Waals surface area contributed by atoms with Crippen molar-refractivity contribution in [2.75, 3.05) is 33.0 Å². The molecule has 0 aromatic heterocycles. The number of carboxylic acids is 1. The number of aliphatic hydroxyl groups is 14. The van der Waals surface area contributed by atoms with Gasteiger partial charge in [-0.05, 0) is 98.2 Å². The molecule has 0 amide bonds. The number of carbonyl (C=O) groups is 2. The molecular weight excluding hydrogens is 1120 g/mol. The Kier molecular flexibility index (Phi) is 19.3. The molecule has 0 radical (unpaired) electrons. The Balaban J connectivity index is 0.827. The van der Waals surface area contributed by atoms with Crippen molar-refractivity contribution in [3.63, 3.8) is 0 Å². The monoisotopic (exact) mass is 1210 g/mol. The molecule has 10 aliphatic rings. The number of hydrogen-bond donors (Lipinski definition) is 15. The van der Waals surface area contributed by atoms with Gasteiger partial charge in [-0.3, -0.25) is 9.59 Å². The van der Waals surface area contributed by atoms with Gasteiger partial charge in [0.05, 0.1) is 75.9 Å². The zero-order valence-electron chi connectivity index (χ0n) is 47.9. The van der Waals surface area contributed by atoms with Crippen molar-refractivity contribution in [3.8, 4) is 0 Å². The van der Waals surface area contributed by atoms with E-state index in [9.17, 15) is 81.1 Å². The van der Waals surface area contributed by atoms with Crippen LogP contribution < -0.4 is 0 Å². The summed E-state index contributed by atoms with van der Waals surface area (Å²) in [6, 6.07) is 0. The third-order valence-corrected chi connectivity index (χ3v) is 21.4. The molecule has 34 atom stereocenters. The normalized spacial score (nSPS) is 53.7. The number of esters is 1. The zero-order valence-corrected chi connectivity index (χ0v) is 47.9. The van der Waals surface area contributed by atoms with Crippen molar-refractivity contribution < 1.29 is 138 Å². The van der Waals surface area contributed by atoms with Crippen LogP contribution in [0.1, 0.15) is 98.8 Å². The van der Waals surface area contributed by atoms with Crippen LogP contribution >= 0.6 is 0 Å². The lowest BCUT2D eigenvalue weighted by Crippen LogP contribution is -2.68. The number of carbonyl (C=O) groups excluding carboxylic acids is 1. The van der Waals surface area contributed by atoms with Crippen LogP contribution in [0.4, 0.5) is 0 Å². The maximum Gasteiger partial charge on any atom is 0.309 e. The molecule has 6 heterocycles. The van der Waals surface area contributed by atoms with Gasteiger partial charge in [0, 0.05) is 12.3 Å². The molecule has 482 valence electrons. The molecule has 6 aliphatic heterocycles. The van der Waals surface area contributed by atoms with Crippen molar-refractivity contribution in [2.24, 2.45) is 52.3 Å². The maximum absolute atomic E-state index is 12.7. The van der Waals surface area contributed by atoms with Gasteiger partial charge in [0.1, 0.15) is 85.5 Å². The van der Waals surface area contributed by atoms with Gasteiger partial charge in [0.2, 0.25) is 0 Å². The molecule has 0 aromatic carbocycles. The van der Waals surface area contributed by atoms with Gasteiger partial charge in [-0.1, -0.05) is 27.7 Å². The quantitative estimate of drug-likeness (QED) is 0.0515. The molecule has 0 bridgehead atoms. The number of ether oxygens (including phenoxy) is 11. The molecule has 84 heavy (non-hydrogen) atoms. The van der Waals surface area contributed by atoms with Crippen molar-refractivity contribution in [3.05, 3.63) is 0 Å². The number of carboxylic acid groups (broad SMARTS) is 1. The Labute approximate surface area is 485 Å². The van der Waals surface area contributed by atoms with Gasteiger partial charge in [-0.25, -0.2) is 0 Å². The molecule has 28 nitrogen and oxygen atoms in total. The highest BCUT2D eigenvalue weighted by Gasteiger charge is 2.71. The van der Waals surface area contributed by atoms with E-state index in [-0.39, 0.29) is 48.0 Å². The molecule has 15 N–H and O–H groups in total. The van der Waals surface area contributed by atoms with E-state index in [1.54, 1.807) is 0 Å². The van der Waals surface area contributed by atoms with Crippen LogP contribution in [0.15, 0.2) is 0 Å². The van der Waals surface area contributed by atoms with E-state index in [2.05, 4.69) is 27.7 Å². The first-order chi connectivity index (χ1) is 39.6. The molecule has 10 rings (SSSR count). The van der Waals surface area contributed by atoms with Crippen molar-refractivity contribution >= 4 is 11.9 Å². The van der Waals surface area contributed by atoms with Gasteiger partial charge in [0.25, 0.3) is 0 Å². The van der Waals surface area contributed by atoms with E-state index in [1.165, 1.54) is 0 Å². The van der Waals surface area contributed by atoms with Crippen LogP contribution in [0.5, 0.6) is 0 Å². The summed E-state index contributed by atoms with van der Waals surface area (Å²) in [5, 5.41) is 165. The fourth-order valence-corrected chi connectivity index (χ4v) is 17.0. The molecule has 10 fully saturated rings. The van der Waals surface area contributed by atoms with Crippen LogP contribution in [-0.4, -0.2) is 274 Å². The van der Waals surface area contributed by atoms with E-state index in [4.69, 9.17) is 57.2 Å². The van der Waals surface area contributed by atoms with Crippen molar-refractivity contribution in [1.29, 1.82) is 0 Å². The molecule has 4 aliphatic carbocycles. The largest absolute Gasteiger partial charge is 0.481 e. The maximum atomic E-state index is 12.7. The summed E-state index contributed by atoms with van der Waals surface area (Å²) in [4.78, 5) is 23.9. The second-order valence-electron chi connectivity index (χ2n) is 26.9. The first-order valence-electron chi connectivity index (χ1n) is 29.9. The number of aliphatic hydroxyl groups excluding tert-OH is 13. The number of rotatable bonds is 16. The predicted octanol–water partition coefficient (Wildman–Crippen LogP) is -4.16. The summed E-state index contributed by atoms with van der Waals surface area (Å²) in [6.07, 6.45) is -35.1. The van der Waals surface area contributed by atoms with E-state index in [0.29, 0.717) is 30.8 Å². The first kappa shape index (κ1) is 64.9. The Morgan fingerprint density at radius 3 is 1.87 bits per heavy atom. The number of hydrogen-bond acceptors (Lipinski definition) is 27. The van der Waals surface area contributed by atoms with Crippen LogP contribution in [0.2, 0.25) is 0 Å². The number of aliphatic carboxylic acids is 1. The molecular formula is C56H90O28. The summed E-state index contributed by atoms with van der Waals surface area (Å²) in [5.41, 5.74) is -2.58. The Hall–Kier alpha value is -2.02. The lowest BCUT2D eigenvalue weighted by Gasteiger charge is -2.63. The standard InChI is InChI=1S/C56H90O28/c1-21-6-9-56(75-19-21)22(2)37-30(84-56)11-25-23-10-27(60)26-12-29(28(61)13-55(26,5)24(23)7-8-54(25,37)4)77-50-45(72)42(69)46(33(18-59)80-50)81-52-48(83-51-44(71)41(68)38(65)31(16-57)78-51)47(40(67)32(17-58)79-52)82-49-43(70)39(66)34(20-74-49)76-36(64)15-53(3,73)14-35(62)63/h21-34,37-52,57-61,65-73H,6-20H2,1-5H3,(H,62,63). The van der Waals surface area contributed by atoms with E-state index in [1.807, 2.05) is 0 Å². The van der Waals surface area contributed by atoms with Crippen LogP contribution in [0.25, 0.3) is 0 Å². The van der Waals surface area contributed by atoms with Crippen molar-refractivity contribution in [2.45, 2.75) is 251 Å². The predicted molar refractivity (Wildman–Crippen MR) is 276 cm³/mol. The average molecular weight is 1210 g/mol. The van der Waals surface area contributed by atoms with Crippen LogP contribution in [0.3, 0.4) is 0 Å². The second-order valence-corrected chi connectivity index (χ2v) is 26.9. The molecule has 1 spiro atoms. The minimum absolute atomic E-state index is 0.0215. The van der Waals surface area contributed by atoms with Gasteiger partial charge in [0.15, 0.2) is 37.1 Å². The minimum Gasteiger partial charge on any atom is -0.481 e. The van der Waals surface area contributed by atoms with Crippen molar-refractivity contribution in [1.82, 2.24) is 0 Å². The second kappa shape index (κ2) is 25.0. The highest BCUT2D eigenvalue weighted by atomic mass is 16.8. The fourth-order valence-electron chi connectivity index (χ4n) is 17.0.